The maximum Gasteiger partial charge on any atom is 0.255 e. The second-order valence-electron chi connectivity index (χ2n) is 5.49. The highest BCUT2D eigenvalue weighted by molar-refractivity contribution is 5.95. The first-order valence-corrected chi connectivity index (χ1v) is 7.07. The van der Waals surface area contributed by atoms with Crippen molar-refractivity contribution in [3.63, 3.8) is 0 Å². The Balaban J connectivity index is 1.83. The molecule has 1 aliphatic carbocycles. The van der Waals surface area contributed by atoms with Gasteiger partial charge in [-0.25, -0.2) is 13.2 Å². The molecule has 0 unspecified atom stereocenters. The summed E-state index contributed by atoms with van der Waals surface area (Å²) in [6.45, 7) is 0. The number of hydrogen-bond donors (Lipinski definition) is 1. The highest BCUT2D eigenvalue weighted by Crippen LogP contribution is 2.46. The van der Waals surface area contributed by atoms with Gasteiger partial charge in [0.05, 0.1) is 18.2 Å². The summed E-state index contributed by atoms with van der Waals surface area (Å²) in [5.74, 6) is -4.53. The number of nitrogens with one attached hydrogen (secondary N) is 1. The molecule has 2 aromatic carbocycles. The Morgan fingerprint density at radius 1 is 1.04 bits per heavy atom. The molecule has 23 heavy (non-hydrogen) atoms. The van der Waals surface area contributed by atoms with Gasteiger partial charge in [0.25, 0.3) is 5.91 Å². The molecule has 0 aromatic heterocycles. The molecule has 0 saturated heterocycles. The minimum absolute atomic E-state index is 0.510. The molecule has 0 atom stereocenters. The van der Waals surface area contributed by atoms with Crippen LogP contribution in [0.15, 0.2) is 36.4 Å². The van der Waals surface area contributed by atoms with E-state index in [1.165, 1.54) is 0 Å². The number of halogens is 3. The molecule has 120 valence electrons. The first-order valence-electron chi connectivity index (χ1n) is 7.07. The molecule has 0 radical (unpaired) electrons. The van der Waals surface area contributed by atoms with E-state index in [1.54, 1.807) is 19.2 Å². The van der Waals surface area contributed by atoms with Gasteiger partial charge in [-0.3, -0.25) is 4.79 Å². The Bertz CT molecular complexity index is 755. The smallest absolute Gasteiger partial charge is 0.255 e. The summed E-state index contributed by atoms with van der Waals surface area (Å²) in [4.78, 5) is 12.2. The molecule has 3 nitrogen and oxygen atoms in total. The number of carbonyl (C=O) groups is 1. The van der Waals surface area contributed by atoms with Gasteiger partial charge in [-0.1, -0.05) is 12.1 Å². The Morgan fingerprint density at radius 2 is 1.70 bits per heavy atom. The standard InChI is InChI=1S/C17H14F3NO2/c1-23-11-4-2-10(3-5-11)17(8-9-17)21-16(22)12-6-7-13(18)15(20)14(12)19/h2-7H,8-9H2,1H3,(H,21,22). The lowest BCUT2D eigenvalue weighted by molar-refractivity contribution is 0.0925. The summed E-state index contributed by atoms with van der Waals surface area (Å²) in [7, 11) is 1.55. The fraction of sp³-hybridized carbons (Fsp3) is 0.235. The molecule has 1 fully saturated rings. The monoisotopic (exact) mass is 321 g/mol. The molecule has 1 aliphatic rings. The van der Waals surface area contributed by atoms with Gasteiger partial charge in [-0.15, -0.1) is 0 Å². The Labute approximate surface area is 131 Å². The third-order valence-corrected chi connectivity index (χ3v) is 4.03. The van der Waals surface area contributed by atoms with E-state index < -0.39 is 34.5 Å². The average Bonchev–Trinajstić information content (AvgIpc) is 3.33. The van der Waals surface area contributed by atoms with Gasteiger partial charge in [0.1, 0.15) is 5.75 Å². The van der Waals surface area contributed by atoms with Gasteiger partial charge < -0.3 is 10.1 Å². The molecule has 0 heterocycles. The second-order valence-corrected chi connectivity index (χ2v) is 5.49. The van der Waals surface area contributed by atoms with E-state index >= 15 is 0 Å². The van der Waals surface area contributed by atoms with Crippen LogP contribution in [0.1, 0.15) is 28.8 Å². The quantitative estimate of drug-likeness (QED) is 0.875. The van der Waals surface area contributed by atoms with Gasteiger partial charge in [-0.2, -0.15) is 0 Å². The molecule has 2 aromatic rings. The van der Waals surface area contributed by atoms with Crippen molar-refractivity contribution in [1.29, 1.82) is 0 Å². The largest absolute Gasteiger partial charge is 0.497 e. The lowest BCUT2D eigenvalue weighted by atomic mass is 10.0. The topological polar surface area (TPSA) is 38.3 Å². The van der Waals surface area contributed by atoms with E-state index in [0.717, 1.165) is 17.7 Å². The minimum atomic E-state index is -1.65. The van der Waals surface area contributed by atoms with Crippen molar-refractivity contribution < 1.29 is 22.7 Å². The van der Waals surface area contributed by atoms with Gasteiger partial charge in [0, 0.05) is 0 Å². The van der Waals surface area contributed by atoms with Crippen LogP contribution in [0, 0.1) is 17.5 Å². The predicted molar refractivity (Wildman–Crippen MR) is 77.7 cm³/mol. The second kappa shape index (κ2) is 5.61. The van der Waals surface area contributed by atoms with E-state index in [2.05, 4.69) is 5.32 Å². The summed E-state index contributed by atoms with van der Waals surface area (Å²) in [6.07, 6.45) is 1.38. The number of ether oxygens (including phenoxy) is 1. The SMILES string of the molecule is COc1ccc(C2(NC(=O)c3ccc(F)c(F)c3F)CC2)cc1. The first-order chi connectivity index (χ1) is 11.0. The van der Waals surface area contributed by atoms with Crippen LogP contribution in [-0.4, -0.2) is 13.0 Å². The van der Waals surface area contributed by atoms with E-state index in [0.29, 0.717) is 18.6 Å². The zero-order valence-corrected chi connectivity index (χ0v) is 12.3. The van der Waals surface area contributed by atoms with E-state index in [1.807, 2.05) is 12.1 Å². The lowest BCUT2D eigenvalue weighted by Gasteiger charge is -2.18. The third-order valence-electron chi connectivity index (χ3n) is 4.03. The zero-order chi connectivity index (χ0) is 16.6. The van der Waals surface area contributed by atoms with Crippen molar-refractivity contribution in [3.05, 3.63) is 65.0 Å². The molecule has 0 aliphatic heterocycles. The van der Waals surface area contributed by atoms with Crippen molar-refractivity contribution >= 4 is 5.91 Å². The molecule has 0 bridgehead atoms. The fourth-order valence-electron chi connectivity index (χ4n) is 2.51. The predicted octanol–water partition coefficient (Wildman–Crippen LogP) is 3.53. The van der Waals surface area contributed by atoms with Crippen LogP contribution in [-0.2, 0) is 5.54 Å². The van der Waals surface area contributed by atoms with E-state index in [-0.39, 0.29) is 0 Å². The van der Waals surface area contributed by atoms with Crippen molar-refractivity contribution in [1.82, 2.24) is 5.32 Å². The lowest BCUT2D eigenvalue weighted by Crippen LogP contribution is -2.35. The number of methoxy groups -OCH3 is 1. The Morgan fingerprint density at radius 3 is 2.26 bits per heavy atom. The first kappa shape index (κ1) is 15.4. The highest BCUT2D eigenvalue weighted by Gasteiger charge is 2.46. The maximum atomic E-state index is 13.7. The van der Waals surface area contributed by atoms with Crippen LogP contribution < -0.4 is 10.1 Å². The zero-order valence-electron chi connectivity index (χ0n) is 12.3. The van der Waals surface area contributed by atoms with Crippen molar-refractivity contribution in [2.45, 2.75) is 18.4 Å². The van der Waals surface area contributed by atoms with Crippen molar-refractivity contribution in [3.8, 4) is 5.75 Å². The van der Waals surface area contributed by atoms with Crippen molar-refractivity contribution in [2.24, 2.45) is 0 Å². The van der Waals surface area contributed by atoms with Gasteiger partial charge >= 0.3 is 0 Å². The van der Waals surface area contributed by atoms with Crippen LogP contribution in [0.3, 0.4) is 0 Å². The average molecular weight is 321 g/mol. The molecule has 1 saturated carbocycles. The summed E-state index contributed by atoms with van der Waals surface area (Å²) < 4.78 is 45.0. The molecule has 3 rings (SSSR count). The van der Waals surface area contributed by atoms with Crippen molar-refractivity contribution in [2.75, 3.05) is 7.11 Å². The number of hydrogen-bond acceptors (Lipinski definition) is 2. The highest BCUT2D eigenvalue weighted by atomic mass is 19.2. The Hall–Kier alpha value is -2.50. The van der Waals surface area contributed by atoms with Crippen LogP contribution in [0.25, 0.3) is 0 Å². The van der Waals surface area contributed by atoms with E-state index in [9.17, 15) is 18.0 Å². The molecular formula is C17H14F3NO2. The van der Waals surface area contributed by atoms with Crippen LogP contribution in [0.5, 0.6) is 5.75 Å². The van der Waals surface area contributed by atoms with Crippen LogP contribution in [0.4, 0.5) is 13.2 Å². The molecule has 1 amide bonds. The maximum absolute atomic E-state index is 13.7. The van der Waals surface area contributed by atoms with Gasteiger partial charge in [0.15, 0.2) is 17.5 Å². The summed E-state index contributed by atoms with van der Waals surface area (Å²) in [5, 5.41) is 2.72. The number of rotatable bonds is 4. The van der Waals surface area contributed by atoms with Crippen LogP contribution >= 0.6 is 0 Å². The minimum Gasteiger partial charge on any atom is -0.497 e. The normalized spacial score (nSPS) is 15.1. The van der Waals surface area contributed by atoms with E-state index in [4.69, 9.17) is 4.74 Å². The third kappa shape index (κ3) is 2.76. The van der Waals surface area contributed by atoms with Gasteiger partial charge in [0.2, 0.25) is 0 Å². The molecule has 6 heteroatoms. The molecule has 0 spiro atoms. The molecule has 1 N–H and O–H groups in total. The fourth-order valence-corrected chi connectivity index (χ4v) is 2.51. The van der Waals surface area contributed by atoms with Gasteiger partial charge in [-0.05, 0) is 42.7 Å². The number of amides is 1. The molecular weight excluding hydrogens is 307 g/mol. The summed E-state index contributed by atoms with van der Waals surface area (Å²) in [5.41, 5.74) is -0.251. The van der Waals surface area contributed by atoms with Crippen LogP contribution in [0.2, 0.25) is 0 Å². The summed E-state index contributed by atoms with van der Waals surface area (Å²) >= 11 is 0. The summed E-state index contributed by atoms with van der Waals surface area (Å²) in [6, 6.07) is 8.83. The Kier molecular flexibility index (Phi) is 3.75. The number of benzene rings is 2. The number of carbonyl (C=O) groups excluding carboxylic acids is 1.